The van der Waals surface area contributed by atoms with E-state index in [2.05, 4.69) is 10.3 Å². The van der Waals surface area contributed by atoms with Crippen LogP contribution in [0.25, 0.3) is 0 Å². The second-order valence-electron chi connectivity index (χ2n) is 4.32. The van der Waals surface area contributed by atoms with Crippen molar-refractivity contribution in [2.75, 3.05) is 5.32 Å². The highest BCUT2D eigenvalue weighted by atomic mass is 16.5. The SMILES string of the molecule is NC(=O)c1ccc2c(c1)OC(c1ccccn1)C(=O)N2. The van der Waals surface area contributed by atoms with Crippen molar-refractivity contribution >= 4 is 17.5 Å². The minimum atomic E-state index is -0.841. The summed E-state index contributed by atoms with van der Waals surface area (Å²) in [6, 6.07) is 9.85. The molecule has 100 valence electrons. The molecule has 0 bridgehead atoms. The number of anilines is 1. The molecule has 0 saturated heterocycles. The Bertz CT molecular complexity index is 685. The molecule has 6 heteroatoms. The summed E-state index contributed by atoms with van der Waals surface area (Å²) >= 11 is 0. The summed E-state index contributed by atoms with van der Waals surface area (Å²) in [6.45, 7) is 0. The average Bonchev–Trinajstić information content (AvgIpc) is 2.47. The predicted molar refractivity (Wildman–Crippen MR) is 71.2 cm³/mol. The van der Waals surface area contributed by atoms with Crippen LogP contribution in [0, 0.1) is 0 Å². The standard InChI is InChI=1S/C14H11N3O3/c15-13(18)8-4-5-9-11(7-8)20-12(14(19)17-9)10-3-1-2-6-16-10/h1-7,12H,(H2,15,18)(H,17,19). The lowest BCUT2D eigenvalue weighted by molar-refractivity contribution is -0.123. The van der Waals surface area contributed by atoms with E-state index in [1.54, 1.807) is 30.5 Å². The number of hydrogen-bond acceptors (Lipinski definition) is 4. The molecule has 2 aromatic rings. The van der Waals surface area contributed by atoms with Crippen LogP contribution in [0.5, 0.6) is 5.75 Å². The molecule has 3 rings (SSSR count). The number of carbonyl (C=O) groups is 2. The first-order chi connectivity index (χ1) is 9.65. The number of nitrogens with two attached hydrogens (primary N) is 1. The molecule has 1 unspecified atom stereocenters. The van der Waals surface area contributed by atoms with Gasteiger partial charge in [-0.1, -0.05) is 6.07 Å². The topological polar surface area (TPSA) is 94.3 Å². The summed E-state index contributed by atoms with van der Waals surface area (Å²) in [5.41, 5.74) is 6.55. The minimum absolute atomic E-state index is 0.303. The zero-order valence-corrected chi connectivity index (χ0v) is 10.4. The highest BCUT2D eigenvalue weighted by molar-refractivity contribution is 6.00. The molecule has 1 atom stereocenters. The Kier molecular flexibility index (Phi) is 2.83. The first kappa shape index (κ1) is 12.2. The zero-order valence-electron chi connectivity index (χ0n) is 10.4. The van der Waals surface area contributed by atoms with E-state index >= 15 is 0 Å². The average molecular weight is 269 g/mol. The largest absolute Gasteiger partial charge is 0.472 e. The second-order valence-corrected chi connectivity index (χ2v) is 4.32. The minimum Gasteiger partial charge on any atom is -0.472 e. The molecule has 1 aliphatic heterocycles. The molecule has 1 aliphatic rings. The maximum atomic E-state index is 12.0. The van der Waals surface area contributed by atoms with E-state index in [-0.39, 0.29) is 5.91 Å². The Morgan fingerprint density at radius 2 is 2.15 bits per heavy atom. The van der Waals surface area contributed by atoms with Gasteiger partial charge in [-0.15, -0.1) is 0 Å². The van der Waals surface area contributed by atoms with Gasteiger partial charge in [-0.05, 0) is 30.3 Å². The quantitative estimate of drug-likeness (QED) is 0.857. The lowest BCUT2D eigenvalue weighted by Crippen LogP contribution is -2.30. The van der Waals surface area contributed by atoms with Gasteiger partial charge in [0.25, 0.3) is 5.91 Å². The Balaban J connectivity index is 1.98. The first-order valence-electron chi connectivity index (χ1n) is 5.97. The lowest BCUT2D eigenvalue weighted by atomic mass is 10.1. The van der Waals surface area contributed by atoms with Gasteiger partial charge >= 0.3 is 0 Å². The fourth-order valence-corrected chi connectivity index (χ4v) is 1.98. The van der Waals surface area contributed by atoms with Crippen molar-refractivity contribution in [3.63, 3.8) is 0 Å². The molecule has 2 amide bonds. The number of nitrogens with zero attached hydrogens (tertiary/aromatic N) is 1. The molecule has 6 nitrogen and oxygen atoms in total. The van der Waals surface area contributed by atoms with Gasteiger partial charge in [-0.2, -0.15) is 0 Å². The van der Waals surface area contributed by atoms with E-state index < -0.39 is 12.0 Å². The molecule has 0 spiro atoms. The van der Waals surface area contributed by atoms with Crippen molar-refractivity contribution in [1.82, 2.24) is 4.98 Å². The highest BCUT2D eigenvalue weighted by Crippen LogP contribution is 2.34. The van der Waals surface area contributed by atoms with Crippen molar-refractivity contribution in [2.24, 2.45) is 5.73 Å². The molecule has 0 aliphatic carbocycles. The molecule has 0 saturated carbocycles. The number of pyridine rings is 1. The van der Waals surface area contributed by atoms with Gasteiger partial charge in [0, 0.05) is 11.8 Å². The van der Waals surface area contributed by atoms with E-state index in [0.717, 1.165) is 0 Å². The van der Waals surface area contributed by atoms with Crippen LogP contribution in [-0.4, -0.2) is 16.8 Å². The third-order valence-electron chi connectivity index (χ3n) is 2.96. The zero-order chi connectivity index (χ0) is 14.1. The van der Waals surface area contributed by atoms with Crippen molar-refractivity contribution in [2.45, 2.75) is 6.10 Å². The summed E-state index contributed by atoms with van der Waals surface area (Å²) in [5, 5.41) is 2.72. The van der Waals surface area contributed by atoms with E-state index in [4.69, 9.17) is 10.5 Å². The van der Waals surface area contributed by atoms with Crippen molar-refractivity contribution in [3.8, 4) is 5.75 Å². The van der Waals surface area contributed by atoms with Gasteiger partial charge in [0.15, 0.2) is 0 Å². The number of carbonyl (C=O) groups excluding carboxylic acids is 2. The number of nitrogens with one attached hydrogen (secondary N) is 1. The molecule has 1 aromatic carbocycles. The number of amides is 2. The Labute approximate surface area is 114 Å². The maximum absolute atomic E-state index is 12.0. The van der Waals surface area contributed by atoms with E-state index in [9.17, 15) is 9.59 Å². The van der Waals surface area contributed by atoms with E-state index in [0.29, 0.717) is 22.7 Å². The third kappa shape index (κ3) is 2.07. The summed E-state index contributed by atoms with van der Waals surface area (Å²) in [4.78, 5) is 27.3. The summed E-state index contributed by atoms with van der Waals surface area (Å²) in [5.74, 6) is -0.456. The van der Waals surface area contributed by atoms with Crippen LogP contribution < -0.4 is 15.8 Å². The Morgan fingerprint density at radius 1 is 1.30 bits per heavy atom. The normalized spacial score (nSPS) is 16.8. The van der Waals surface area contributed by atoms with Crippen molar-refractivity contribution < 1.29 is 14.3 Å². The molecule has 0 fully saturated rings. The number of benzene rings is 1. The van der Waals surface area contributed by atoms with Crippen LogP contribution in [-0.2, 0) is 4.79 Å². The molecule has 20 heavy (non-hydrogen) atoms. The number of fused-ring (bicyclic) bond motifs is 1. The fraction of sp³-hybridized carbons (Fsp3) is 0.0714. The number of primary amides is 1. The van der Waals surface area contributed by atoms with Crippen LogP contribution in [0.3, 0.4) is 0 Å². The molecular formula is C14H11N3O3. The second kappa shape index (κ2) is 4.65. The van der Waals surface area contributed by atoms with Crippen LogP contribution in [0.2, 0.25) is 0 Å². The molecule has 0 radical (unpaired) electrons. The highest BCUT2D eigenvalue weighted by Gasteiger charge is 2.30. The first-order valence-corrected chi connectivity index (χ1v) is 5.97. The summed E-state index contributed by atoms with van der Waals surface area (Å²) < 4.78 is 5.64. The Morgan fingerprint density at radius 3 is 2.85 bits per heavy atom. The number of aromatic nitrogens is 1. The summed E-state index contributed by atoms with van der Waals surface area (Å²) in [6.07, 6.45) is 0.744. The molecule has 3 N–H and O–H groups in total. The number of rotatable bonds is 2. The fourth-order valence-electron chi connectivity index (χ4n) is 1.98. The molecular weight excluding hydrogens is 258 g/mol. The Hall–Kier alpha value is -2.89. The van der Waals surface area contributed by atoms with Crippen molar-refractivity contribution in [1.29, 1.82) is 0 Å². The van der Waals surface area contributed by atoms with Gasteiger partial charge in [-0.3, -0.25) is 14.6 Å². The maximum Gasteiger partial charge on any atom is 0.271 e. The smallest absolute Gasteiger partial charge is 0.271 e. The van der Waals surface area contributed by atoms with Crippen molar-refractivity contribution in [3.05, 3.63) is 53.9 Å². The summed E-state index contributed by atoms with van der Waals surface area (Å²) in [7, 11) is 0. The lowest BCUT2D eigenvalue weighted by Gasteiger charge is -2.25. The monoisotopic (exact) mass is 269 g/mol. The van der Waals surface area contributed by atoms with Gasteiger partial charge < -0.3 is 15.8 Å². The van der Waals surface area contributed by atoms with Gasteiger partial charge in [0.1, 0.15) is 5.75 Å². The number of hydrogen-bond donors (Lipinski definition) is 2. The van der Waals surface area contributed by atoms with E-state index in [1.165, 1.54) is 12.1 Å². The van der Waals surface area contributed by atoms with E-state index in [1.807, 2.05) is 0 Å². The van der Waals surface area contributed by atoms with Gasteiger partial charge in [0.2, 0.25) is 12.0 Å². The van der Waals surface area contributed by atoms with Crippen LogP contribution in [0.1, 0.15) is 22.2 Å². The van der Waals surface area contributed by atoms with Crippen LogP contribution in [0.4, 0.5) is 5.69 Å². The molecule has 2 heterocycles. The van der Waals surface area contributed by atoms with Gasteiger partial charge in [-0.25, -0.2) is 0 Å². The third-order valence-corrected chi connectivity index (χ3v) is 2.96. The van der Waals surface area contributed by atoms with Gasteiger partial charge in [0.05, 0.1) is 11.4 Å². The van der Waals surface area contributed by atoms with Crippen LogP contribution in [0.15, 0.2) is 42.6 Å². The van der Waals surface area contributed by atoms with Crippen LogP contribution >= 0.6 is 0 Å². The number of ether oxygens (including phenoxy) is 1. The molecule has 1 aromatic heterocycles. The predicted octanol–water partition coefficient (Wildman–Crippen LogP) is 1.25.